The summed E-state index contributed by atoms with van der Waals surface area (Å²) in [7, 11) is 0. The zero-order chi connectivity index (χ0) is 10.8. The summed E-state index contributed by atoms with van der Waals surface area (Å²) in [6, 6.07) is 0.00389. The molecular weight excluding hydrogens is 214 g/mol. The van der Waals surface area contributed by atoms with Crippen molar-refractivity contribution >= 4 is 22.4 Å². The molecule has 1 aromatic heterocycles. The van der Waals surface area contributed by atoms with Gasteiger partial charge in [0.2, 0.25) is 5.13 Å². The van der Waals surface area contributed by atoms with Gasteiger partial charge in [0.1, 0.15) is 5.51 Å². The minimum atomic E-state index is -0.711. The molecule has 2 rings (SSSR count). The number of piperidine rings is 1. The van der Waals surface area contributed by atoms with Crippen LogP contribution in [0.5, 0.6) is 0 Å². The molecule has 0 spiro atoms. The van der Waals surface area contributed by atoms with E-state index in [4.69, 9.17) is 5.11 Å². The highest BCUT2D eigenvalue weighted by Gasteiger charge is 2.33. The number of rotatable bonds is 2. The van der Waals surface area contributed by atoms with E-state index >= 15 is 0 Å². The first kappa shape index (κ1) is 10.4. The normalized spacial score (nSPS) is 26.6. The molecule has 1 saturated heterocycles. The van der Waals surface area contributed by atoms with E-state index in [-0.39, 0.29) is 12.0 Å². The number of aromatic nitrogens is 2. The molecule has 0 radical (unpaired) electrons. The van der Waals surface area contributed by atoms with Crippen LogP contribution in [-0.2, 0) is 4.79 Å². The summed E-state index contributed by atoms with van der Waals surface area (Å²) < 4.78 is 0. The van der Waals surface area contributed by atoms with Gasteiger partial charge in [-0.05, 0) is 19.8 Å². The smallest absolute Gasteiger partial charge is 0.308 e. The van der Waals surface area contributed by atoms with Gasteiger partial charge in [-0.15, -0.1) is 10.2 Å². The van der Waals surface area contributed by atoms with Crippen molar-refractivity contribution in [1.82, 2.24) is 10.2 Å². The minimum absolute atomic E-state index is 0.00389. The van der Waals surface area contributed by atoms with E-state index in [9.17, 15) is 4.79 Å². The monoisotopic (exact) mass is 227 g/mol. The van der Waals surface area contributed by atoms with Crippen molar-refractivity contribution < 1.29 is 9.90 Å². The van der Waals surface area contributed by atoms with E-state index in [1.165, 1.54) is 11.3 Å². The predicted octanol–water partition coefficient (Wildman–Crippen LogP) is 1.23. The van der Waals surface area contributed by atoms with Gasteiger partial charge in [0.05, 0.1) is 5.92 Å². The number of hydrogen-bond acceptors (Lipinski definition) is 5. The van der Waals surface area contributed by atoms with Crippen LogP contribution in [0.2, 0.25) is 0 Å². The van der Waals surface area contributed by atoms with E-state index in [1.807, 2.05) is 11.8 Å². The lowest BCUT2D eigenvalue weighted by atomic mass is 9.91. The minimum Gasteiger partial charge on any atom is -0.481 e. The van der Waals surface area contributed by atoms with Gasteiger partial charge in [-0.25, -0.2) is 0 Å². The third-order valence-corrected chi connectivity index (χ3v) is 3.63. The molecule has 1 fully saturated rings. The van der Waals surface area contributed by atoms with Gasteiger partial charge in [0.15, 0.2) is 0 Å². The summed E-state index contributed by atoms with van der Waals surface area (Å²) in [5.41, 5.74) is 1.67. The maximum absolute atomic E-state index is 11.0. The van der Waals surface area contributed by atoms with Crippen molar-refractivity contribution in [2.24, 2.45) is 5.92 Å². The van der Waals surface area contributed by atoms with Gasteiger partial charge in [-0.3, -0.25) is 4.79 Å². The lowest BCUT2D eigenvalue weighted by molar-refractivity contribution is -0.143. The van der Waals surface area contributed by atoms with Gasteiger partial charge >= 0.3 is 5.97 Å². The molecule has 0 aliphatic carbocycles. The second kappa shape index (κ2) is 4.14. The van der Waals surface area contributed by atoms with Gasteiger partial charge in [0, 0.05) is 12.6 Å². The van der Waals surface area contributed by atoms with Crippen LogP contribution in [0.1, 0.15) is 19.8 Å². The molecule has 2 heterocycles. The molecule has 5 nitrogen and oxygen atoms in total. The average molecular weight is 227 g/mol. The number of aliphatic carboxylic acids is 1. The Morgan fingerprint density at radius 2 is 2.53 bits per heavy atom. The number of anilines is 1. The molecule has 2 unspecified atom stereocenters. The highest BCUT2D eigenvalue weighted by atomic mass is 32.1. The standard InChI is InChI=1S/C9H13N3O2S/c1-6-7(8(13)14)3-2-4-12(6)9-11-10-5-15-9/h5-7H,2-4H2,1H3,(H,13,14). The molecule has 6 heteroatoms. The molecule has 15 heavy (non-hydrogen) atoms. The van der Waals surface area contributed by atoms with Crippen LogP contribution in [0.15, 0.2) is 5.51 Å². The third kappa shape index (κ3) is 1.94. The first-order chi connectivity index (χ1) is 7.20. The summed E-state index contributed by atoms with van der Waals surface area (Å²) in [5.74, 6) is -1.00. The van der Waals surface area contributed by atoms with Crippen molar-refractivity contribution in [3.63, 3.8) is 0 Å². The van der Waals surface area contributed by atoms with Crippen LogP contribution in [0.4, 0.5) is 5.13 Å². The molecule has 82 valence electrons. The van der Waals surface area contributed by atoms with Crippen molar-refractivity contribution in [3.05, 3.63) is 5.51 Å². The number of carboxylic acids is 1. The number of carboxylic acid groups (broad SMARTS) is 1. The zero-order valence-corrected chi connectivity index (χ0v) is 9.28. The molecule has 1 aliphatic heterocycles. The predicted molar refractivity (Wildman–Crippen MR) is 57.1 cm³/mol. The lowest BCUT2D eigenvalue weighted by Gasteiger charge is -2.36. The Kier molecular flexibility index (Phi) is 2.86. The summed E-state index contributed by atoms with van der Waals surface area (Å²) in [5, 5.41) is 17.7. The van der Waals surface area contributed by atoms with Crippen LogP contribution in [0, 0.1) is 5.92 Å². The van der Waals surface area contributed by atoms with Gasteiger partial charge < -0.3 is 10.0 Å². The first-order valence-electron chi connectivity index (χ1n) is 4.96. The SMILES string of the molecule is CC1C(C(=O)O)CCCN1c1nncs1. The van der Waals surface area contributed by atoms with E-state index < -0.39 is 5.97 Å². The van der Waals surface area contributed by atoms with Crippen LogP contribution in [0.3, 0.4) is 0 Å². The van der Waals surface area contributed by atoms with Crippen molar-refractivity contribution in [3.8, 4) is 0 Å². The molecule has 0 bridgehead atoms. The fourth-order valence-electron chi connectivity index (χ4n) is 2.04. The van der Waals surface area contributed by atoms with Gasteiger partial charge in [0.25, 0.3) is 0 Å². The Labute approximate surface area is 91.7 Å². The Hall–Kier alpha value is -1.17. The number of hydrogen-bond donors (Lipinski definition) is 1. The quantitative estimate of drug-likeness (QED) is 0.823. The topological polar surface area (TPSA) is 66.3 Å². The second-order valence-corrected chi connectivity index (χ2v) is 4.55. The van der Waals surface area contributed by atoms with Crippen LogP contribution >= 0.6 is 11.3 Å². The molecular formula is C9H13N3O2S. The Bertz CT molecular complexity index is 341. The maximum Gasteiger partial charge on any atom is 0.308 e. The van der Waals surface area contributed by atoms with Crippen LogP contribution in [-0.4, -0.2) is 33.9 Å². The lowest BCUT2D eigenvalue weighted by Crippen LogP contribution is -2.46. The molecule has 1 aromatic rings. The largest absolute Gasteiger partial charge is 0.481 e. The number of nitrogens with zero attached hydrogens (tertiary/aromatic N) is 3. The molecule has 1 aliphatic rings. The Morgan fingerprint density at radius 3 is 3.13 bits per heavy atom. The van der Waals surface area contributed by atoms with E-state index in [1.54, 1.807) is 5.51 Å². The summed E-state index contributed by atoms with van der Waals surface area (Å²) >= 11 is 1.46. The molecule has 0 saturated carbocycles. The van der Waals surface area contributed by atoms with E-state index in [0.717, 1.165) is 24.5 Å². The second-order valence-electron chi connectivity index (χ2n) is 3.74. The summed E-state index contributed by atoms with van der Waals surface area (Å²) in [4.78, 5) is 13.1. The van der Waals surface area contributed by atoms with E-state index in [2.05, 4.69) is 10.2 Å². The summed E-state index contributed by atoms with van der Waals surface area (Å²) in [6.07, 6.45) is 1.66. The molecule has 1 N–H and O–H groups in total. The van der Waals surface area contributed by atoms with E-state index in [0.29, 0.717) is 0 Å². The van der Waals surface area contributed by atoms with Crippen LogP contribution < -0.4 is 4.90 Å². The zero-order valence-electron chi connectivity index (χ0n) is 8.46. The fourth-order valence-corrected chi connectivity index (χ4v) is 2.71. The van der Waals surface area contributed by atoms with Crippen molar-refractivity contribution in [2.45, 2.75) is 25.8 Å². The van der Waals surface area contributed by atoms with Crippen molar-refractivity contribution in [2.75, 3.05) is 11.4 Å². The number of carbonyl (C=O) groups is 1. The molecule has 0 amide bonds. The fraction of sp³-hybridized carbons (Fsp3) is 0.667. The molecule has 2 atom stereocenters. The molecule has 0 aromatic carbocycles. The Morgan fingerprint density at radius 1 is 1.73 bits per heavy atom. The third-order valence-electron chi connectivity index (χ3n) is 2.90. The average Bonchev–Trinajstić information content (AvgIpc) is 2.70. The maximum atomic E-state index is 11.0. The highest BCUT2D eigenvalue weighted by Crippen LogP contribution is 2.29. The van der Waals surface area contributed by atoms with Crippen LogP contribution in [0.25, 0.3) is 0 Å². The van der Waals surface area contributed by atoms with Gasteiger partial charge in [-0.1, -0.05) is 11.3 Å². The highest BCUT2D eigenvalue weighted by molar-refractivity contribution is 7.13. The first-order valence-corrected chi connectivity index (χ1v) is 5.83. The van der Waals surface area contributed by atoms with Gasteiger partial charge in [-0.2, -0.15) is 0 Å². The summed E-state index contributed by atoms with van der Waals surface area (Å²) in [6.45, 7) is 2.82. The Balaban J connectivity index is 2.16. The van der Waals surface area contributed by atoms with Crippen molar-refractivity contribution in [1.29, 1.82) is 0 Å².